The Balaban J connectivity index is 1.88. The lowest BCUT2D eigenvalue weighted by molar-refractivity contribution is -0.131. The van der Waals surface area contributed by atoms with Crippen molar-refractivity contribution >= 4 is 27.6 Å². The van der Waals surface area contributed by atoms with E-state index in [0.29, 0.717) is 23.7 Å². The molecule has 29 heavy (non-hydrogen) atoms. The molecule has 1 amide bonds. The zero-order valence-corrected chi connectivity index (χ0v) is 17.7. The molecule has 0 radical (unpaired) electrons. The van der Waals surface area contributed by atoms with Crippen LogP contribution in [0.15, 0.2) is 53.1 Å². The van der Waals surface area contributed by atoms with E-state index in [-0.39, 0.29) is 30.3 Å². The maximum Gasteiger partial charge on any atom is 0.231 e. The molecule has 0 aliphatic carbocycles. The van der Waals surface area contributed by atoms with E-state index >= 15 is 0 Å². The van der Waals surface area contributed by atoms with Crippen LogP contribution in [0, 0.1) is 5.82 Å². The third-order valence-corrected chi connectivity index (χ3v) is 5.41. The number of methoxy groups -OCH3 is 1. The fourth-order valence-electron chi connectivity index (χ4n) is 3.24. The highest BCUT2D eigenvalue weighted by Crippen LogP contribution is 2.35. The summed E-state index contributed by atoms with van der Waals surface area (Å²) in [6.07, 6.45) is 3.15. The number of rotatable bonds is 6. The molecule has 7 heteroatoms. The third kappa shape index (κ3) is 4.85. The van der Waals surface area contributed by atoms with Gasteiger partial charge in [-0.1, -0.05) is 28.1 Å². The molecule has 1 aliphatic rings. The molecule has 1 unspecified atom stereocenters. The van der Waals surface area contributed by atoms with Gasteiger partial charge >= 0.3 is 0 Å². The summed E-state index contributed by atoms with van der Waals surface area (Å²) in [5.41, 5.74) is 1.45. The van der Waals surface area contributed by atoms with Crippen LogP contribution in [-0.2, 0) is 16.0 Å². The Labute approximate surface area is 177 Å². The largest absolute Gasteiger partial charge is 0.493 e. The molecule has 0 fully saturated rings. The first-order valence-electron chi connectivity index (χ1n) is 9.19. The van der Waals surface area contributed by atoms with Gasteiger partial charge in [-0.2, -0.15) is 0 Å². The zero-order valence-electron chi connectivity index (χ0n) is 16.2. The number of ketones is 1. The van der Waals surface area contributed by atoms with Crippen LogP contribution in [0.5, 0.6) is 11.5 Å². The molecular formula is C22H21BrFNO4. The van der Waals surface area contributed by atoms with Crippen molar-refractivity contribution in [2.75, 3.05) is 13.7 Å². The summed E-state index contributed by atoms with van der Waals surface area (Å²) in [7, 11) is 1.55. The third-order valence-electron chi connectivity index (χ3n) is 4.67. The summed E-state index contributed by atoms with van der Waals surface area (Å²) >= 11 is 3.48. The first-order valence-corrected chi connectivity index (χ1v) is 9.99. The van der Waals surface area contributed by atoms with Crippen molar-refractivity contribution in [1.82, 2.24) is 4.90 Å². The molecule has 1 aliphatic heterocycles. The van der Waals surface area contributed by atoms with E-state index in [2.05, 4.69) is 15.9 Å². The van der Waals surface area contributed by atoms with Crippen LogP contribution in [0.3, 0.4) is 0 Å². The van der Waals surface area contributed by atoms with Crippen molar-refractivity contribution in [2.24, 2.45) is 0 Å². The zero-order chi connectivity index (χ0) is 21.0. The van der Waals surface area contributed by atoms with Crippen LogP contribution in [0.25, 0.3) is 0 Å². The van der Waals surface area contributed by atoms with Gasteiger partial charge in [0.1, 0.15) is 5.82 Å². The first-order chi connectivity index (χ1) is 13.9. The summed E-state index contributed by atoms with van der Waals surface area (Å²) in [5.74, 6) is 0.502. The van der Waals surface area contributed by atoms with E-state index < -0.39 is 6.04 Å². The minimum absolute atomic E-state index is 0.0763. The topological polar surface area (TPSA) is 55.8 Å². The Morgan fingerprint density at radius 2 is 1.97 bits per heavy atom. The lowest BCUT2D eigenvalue weighted by atomic mass is 9.96. The number of allylic oxidation sites excluding steroid dienone is 1. The van der Waals surface area contributed by atoms with Crippen LogP contribution < -0.4 is 9.47 Å². The van der Waals surface area contributed by atoms with Gasteiger partial charge in [0.25, 0.3) is 0 Å². The van der Waals surface area contributed by atoms with Gasteiger partial charge < -0.3 is 14.4 Å². The number of carbonyl (C=O) groups is 2. The molecule has 3 rings (SSSR count). The van der Waals surface area contributed by atoms with E-state index in [4.69, 9.17) is 9.47 Å². The van der Waals surface area contributed by atoms with Gasteiger partial charge in [-0.15, -0.1) is 0 Å². The number of hydrogen-bond acceptors (Lipinski definition) is 4. The van der Waals surface area contributed by atoms with Gasteiger partial charge in [0.05, 0.1) is 26.2 Å². The quantitative estimate of drug-likeness (QED) is 0.630. The van der Waals surface area contributed by atoms with Crippen LogP contribution in [0.4, 0.5) is 4.39 Å². The van der Waals surface area contributed by atoms with Gasteiger partial charge in [0.2, 0.25) is 5.91 Å². The molecule has 0 saturated carbocycles. The lowest BCUT2D eigenvalue weighted by Crippen LogP contribution is -2.35. The molecule has 152 valence electrons. The monoisotopic (exact) mass is 461 g/mol. The van der Waals surface area contributed by atoms with Crippen molar-refractivity contribution in [3.8, 4) is 11.5 Å². The van der Waals surface area contributed by atoms with Gasteiger partial charge in [0.15, 0.2) is 17.3 Å². The van der Waals surface area contributed by atoms with E-state index in [1.165, 1.54) is 29.3 Å². The molecule has 2 aromatic rings. The van der Waals surface area contributed by atoms with Crippen LogP contribution >= 0.6 is 15.9 Å². The van der Waals surface area contributed by atoms with Crippen LogP contribution in [-0.4, -0.2) is 30.3 Å². The van der Waals surface area contributed by atoms with E-state index in [0.717, 1.165) is 10.0 Å². The van der Waals surface area contributed by atoms with E-state index in [1.54, 1.807) is 31.4 Å². The van der Waals surface area contributed by atoms with Crippen molar-refractivity contribution in [3.63, 3.8) is 0 Å². The normalized spacial score (nSPS) is 16.1. The maximum atomic E-state index is 13.3. The molecular weight excluding hydrogens is 441 g/mol. The Morgan fingerprint density at radius 3 is 2.62 bits per heavy atom. The van der Waals surface area contributed by atoms with Gasteiger partial charge in [-0.25, -0.2) is 4.39 Å². The first kappa shape index (κ1) is 21.0. The van der Waals surface area contributed by atoms with Crippen LogP contribution in [0.1, 0.15) is 30.5 Å². The summed E-state index contributed by atoms with van der Waals surface area (Å²) in [6, 6.07) is 8.93. The molecule has 2 aromatic carbocycles. The Morgan fingerprint density at radius 1 is 1.24 bits per heavy atom. The summed E-state index contributed by atoms with van der Waals surface area (Å²) in [5, 5.41) is 0. The van der Waals surface area contributed by atoms with Crippen molar-refractivity contribution in [2.45, 2.75) is 25.8 Å². The Hall–Kier alpha value is -2.67. The number of ether oxygens (including phenoxy) is 2. The summed E-state index contributed by atoms with van der Waals surface area (Å²) < 4.78 is 24.9. The lowest BCUT2D eigenvalue weighted by Gasteiger charge is -2.31. The Kier molecular flexibility index (Phi) is 6.69. The average Bonchev–Trinajstić information content (AvgIpc) is 2.70. The fourth-order valence-corrected chi connectivity index (χ4v) is 3.70. The molecule has 1 atom stereocenters. The van der Waals surface area contributed by atoms with Crippen molar-refractivity contribution < 1.29 is 23.5 Å². The fraction of sp³-hybridized carbons (Fsp3) is 0.273. The van der Waals surface area contributed by atoms with Crippen LogP contribution in [0.2, 0.25) is 0 Å². The smallest absolute Gasteiger partial charge is 0.231 e. The average molecular weight is 462 g/mol. The van der Waals surface area contributed by atoms with E-state index in [1.807, 2.05) is 6.92 Å². The molecule has 0 bridgehead atoms. The molecule has 5 nitrogen and oxygen atoms in total. The second-order valence-corrected chi connectivity index (χ2v) is 7.41. The summed E-state index contributed by atoms with van der Waals surface area (Å²) in [6.45, 7) is 2.34. The van der Waals surface area contributed by atoms with E-state index in [9.17, 15) is 14.0 Å². The number of carbonyl (C=O) groups excluding carboxylic acids is 2. The van der Waals surface area contributed by atoms with Gasteiger partial charge in [-0.3, -0.25) is 9.59 Å². The van der Waals surface area contributed by atoms with Gasteiger partial charge in [-0.05, 0) is 48.4 Å². The minimum atomic E-state index is -0.469. The summed E-state index contributed by atoms with van der Waals surface area (Å²) in [4.78, 5) is 26.6. The number of amides is 1. The second-order valence-electron chi connectivity index (χ2n) is 6.56. The SMILES string of the molecule is CCOc1cc(CC(=O)N2C=CC(=O)CC2c2ccc(F)cc2)c(Br)cc1OC. The molecule has 0 spiro atoms. The highest BCUT2D eigenvalue weighted by molar-refractivity contribution is 9.10. The van der Waals surface area contributed by atoms with Crippen molar-refractivity contribution in [3.05, 3.63) is 70.1 Å². The number of halogens is 2. The predicted octanol–water partition coefficient (Wildman–Crippen LogP) is 4.59. The van der Waals surface area contributed by atoms with Gasteiger partial charge in [0, 0.05) is 17.1 Å². The minimum Gasteiger partial charge on any atom is -0.493 e. The molecule has 0 saturated heterocycles. The maximum absolute atomic E-state index is 13.3. The Bertz CT molecular complexity index is 943. The van der Waals surface area contributed by atoms with Crippen molar-refractivity contribution in [1.29, 1.82) is 0 Å². The highest BCUT2D eigenvalue weighted by Gasteiger charge is 2.29. The molecule has 0 N–H and O–H groups in total. The predicted molar refractivity (Wildman–Crippen MR) is 110 cm³/mol. The number of hydrogen-bond donors (Lipinski definition) is 0. The standard InChI is InChI=1S/C22H21BrFNO4/c1-3-29-21-10-15(18(23)13-20(21)28-2)11-22(27)25-9-8-17(26)12-19(25)14-4-6-16(24)7-5-14/h4-10,13,19H,3,11-12H2,1-2H3. The molecule has 0 aromatic heterocycles. The second kappa shape index (κ2) is 9.22. The number of nitrogens with zero attached hydrogens (tertiary/aromatic N) is 1. The molecule has 1 heterocycles. The highest BCUT2D eigenvalue weighted by atomic mass is 79.9. The number of benzene rings is 2.